The smallest absolute Gasteiger partial charge is 0.151 e. The fraction of sp³-hybridized carbons (Fsp3) is 0.474. The van der Waals surface area contributed by atoms with Gasteiger partial charge in [-0.3, -0.25) is 14.4 Å². The zero-order valence-corrected chi connectivity index (χ0v) is 16.7. The molecule has 148 valence electrons. The van der Waals surface area contributed by atoms with E-state index in [1.165, 1.54) is 11.8 Å². The van der Waals surface area contributed by atoms with E-state index < -0.39 is 0 Å². The summed E-state index contributed by atoms with van der Waals surface area (Å²) in [7, 11) is 0. The lowest BCUT2D eigenvalue weighted by Gasteiger charge is -2.26. The summed E-state index contributed by atoms with van der Waals surface area (Å²) in [6.45, 7) is 6.95. The standard InChI is InChI=1S/C19H23N5O3S/c1-14(25)13-28-19-10-16(21-22-19)18-3-2-17(27-18)15-11-20-24(12-15)5-4-23-6-8-26-9-7-23/h2-3,11-12H,4-10,13H2,1H3. The summed E-state index contributed by atoms with van der Waals surface area (Å²) < 4.78 is 13.3. The SMILES string of the molecule is CC(=O)CSC1=NN=C(c2ccc(-c3cnn(CCN4CCOCC4)c3)o2)C1. The second kappa shape index (κ2) is 8.85. The lowest BCUT2D eigenvalue weighted by Crippen LogP contribution is -2.38. The van der Waals surface area contributed by atoms with Gasteiger partial charge in [0.05, 0.1) is 37.3 Å². The third-order valence-corrected chi connectivity index (χ3v) is 5.71. The molecule has 0 amide bonds. The average molecular weight is 401 g/mol. The molecule has 0 N–H and O–H groups in total. The van der Waals surface area contributed by atoms with Gasteiger partial charge in [-0.25, -0.2) is 0 Å². The molecule has 0 aromatic carbocycles. The molecule has 0 unspecified atom stereocenters. The molecule has 0 saturated carbocycles. The summed E-state index contributed by atoms with van der Waals surface area (Å²) >= 11 is 1.43. The van der Waals surface area contributed by atoms with Gasteiger partial charge in [0.25, 0.3) is 0 Å². The Morgan fingerprint density at radius 3 is 2.82 bits per heavy atom. The molecule has 0 atom stereocenters. The number of carbonyl (C=O) groups is 1. The van der Waals surface area contributed by atoms with Crippen molar-refractivity contribution in [2.24, 2.45) is 10.2 Å². The van der Waals surface area contributed by atoms with Gasteiger partial charge in [-0.15, -0.1) is 16.9 Å². The van der Waals surface area contributed by atoms with Crippen LogP contribution in [0.2, 0.25) is 0 Å². The van der Waals surface area contributed by atoms with Crippen molar-refractivity contribution in [2.45, 2.75) is 19.9 Å². The molecule has 0 aliphatic carbocycles. The van der Waals surface area contributed by atoms with Crippen molar-refractivity contribution in [2.75, 3.05) is 38.6 Å². The van der Waals surface area contributed by atoms with Gasteiger partial charge in [0.1, 0.15) is 22.3 Å². The molecule has 4 heterocycles. The highest BCUT2D eigenvalue weighted by Gasteiger charge is 2.19. The van der Waals surface area contributed by atoms with Gasteiger partial charge in [-0.2, -0.15) is 10.2 Å². The summed E-state index contributed by atoms with van der Waals surface area (Å²) in [5, 5.41) is 13.6. The minimum atomic E-state index is 0.132. The van der Waals surface area contributed by atoms with E-state index in [-0.39, 0.29) is 5.78 Å². The third kappa shape index (κ3) is 4.78. The van der Waals surface area contributed by atoms with Crippen LogP contribution in [-0.4, -0.2) is 69.8 Å². The van der Waals surface area contributed by atoms with Crippen LogP contribution >= 0.6 is 11.8 Å². The van der Waals surface area contributed by atoms with Gasteiger partial charge in [0, 0.05) is 32.3 Å². The number of hydrogen-bond donors (Lipinski definition) is 0. The molecule has 2 aliphatic rings. The lowest BCUT2D eigenvalue weighted by molar-refractivity contribution is -0.114. The first kappa shape index (κ1) is 19.1. The number of hydrogen-bond acceptors (Lipinski definition) is 8. The first-order valence-electron chi connectivity index (χ1n) is 9.36. The van der Waals surface area contributed by atoms with Crippen LogP contribution in [-0.2, 0) is 16.1 Å². The number of furan rings is 1. The minimum Gasteiger partial charge on any atom is -0.455 e. The maximum atomic E-state index is 11.1. The Morgan fingerprint density at radius 1 is 1.18 bits per heavy atom. The number of rotatable bonds is 7. The molecular formula is C19H23N5O3S. The number of ketones is 1. The second-order valence-electron chi connectivity index (χ2n) is 6.82. The summed E-state index contributed by atoms with van der Waals surface area (Å²) in [5.74, 6) is 2.03. The molecule has 8 nitrogen and oxygen atoms in total. The zero-order chi connectivity index (χ0) is 19.3. The predicted octanol–water partition coefficient (Wildman–Crippen LogP) is 2.30. The first-order valence-corrected chi connectivity index (χ1v) is 10.3. The van der Waals surface area contributed by atoms with Gasteiger partial charge < -0.3 is 9.15 Å². The van der Waals surface area contributed by atoms with E-state index in [4.69, 9.17) is 9.15 Å². The molecule has 2 aromatic heterocycles. The van der Waals surface area contributed by atoms with E-state index in [0.717, 1.165) is 61.5 Å². The van der Waals surface area contributed by atoms with Gasteiger partial charge in [0.2, 0.25) is 0 Å². The average Bonchev–Trinajstić information content (AvgIpc) is 3.45. The van der Waals surface area contributed by atoms with Crippen molar-refractivity contribution < 1.29 is 13.9 Å². The Morgan fingerprint density at radius 2 is 2.00 bits per heavy atom. The van der Waals surface area contributed by atoms with Crippen molar-refractivity contribution >= 4 is 28.3 Å². The van der Waals surface area contributed by atoms with Gasteiger partial charge in [-0.05, 0) is 19.1 Å². The number of morpholine rings is 1. The Kier molecular flexibility index (Phi) is 6.04. The predicted molar refractivity (Wildman–Crippen MR) is 109 cm³/mol. The number of ether oxygens (including phenoxy) is 1. The van der Waals surface area contributed by atoms with Crippen LogP contribution in [0.15, 0.2) is 39.1 Å². The normalized spacial score (nSPS) is 17.6. The first-order chi connectivity index (χ1) is 13.7. The maximum Gasteiger partial charge on any atom is 0.151 e. The van der Waals surface area contributed by atoms with E-state index in [1.54, 1.807) is 6.92 Å². The highest BCUT2D eigenvalue weighted by molar-refractivity contribution is 8.14. The Balaban J connectivity index is 1.32. The zero-order valence-electron chi connectivity index (χ0n) is 15.8. The van der Waals surface area contributed by atoms with Crippen molar-refractivity contribution in [3.63, 3.8) is 0 Å². The number of thioether (sulfide) groups is 1. The Bertz CT molecular complexity index is 895. The third-order valence-electron chi connectivity index (χ3n) is 4.60. The molecule has 0 spiro atoms. The van der Waals surface area contributed by atoms with Crippen LogP contribution in [0, 0.1) is 0 Å². The molecule has 2 aliphatic heterocycles. The summed E-state index contributed by atoms with van der Waals surface area (Å²) in [5.41, 5.74) is 1.73. The highest BCUT2D eigenvalue weighted by Crippen LogP contribution is 2.25. The van der Waals surface area contributed by atoms with E-state index in [0.29, 0.717) is 17.9 Å². The van der Waals surface area contributed by atoms with Gasteiger partial charge in [-0.1, -0.05) is 0 Å². The second-order valence-corrected chi connectivity index (χ2v) is 7.87. The highest BCUT2D eigenvalue weighted by atomic mass is 32.2. The Hall–Kier alpha value is -2.23. The number of nitrogens with zero attached hydrogens (tertiary/aromatic N) is 5. The summed E-state index contributed by atoms with van der Waals surface area (Å²) in [6.07, 6.45) is 4.43. The van der Waals surface area contributed by atoms with E-state index in [2.05, 4.69) is 20.2 Å². The van der Waals surface area contributed by atoms with Crippen molar-refractivity contribution in [1.82, 2.24) is 14.7 Å². The number of Topliss-reactive ketones (excluding diaryl/α,β-unsaturated/α-hetero) is 1. The quantitative estimate of drug-likeness (QED) is 0.708. The van der Waals surface area contributed by atoms with Crippen LogP contribution in [0.5, 0.6) is 0 Å². The van der Waals surface area contributed by atoms with Gasteiger partial charge in [0.15, 0.2) is 5.76 Å². The molecule has 1 saturated heterocycles. The molecule has 28 heavy (non-hydrogen) atoms. The topological polar surface area (TPSA) is 85.2 Å². The molecular weight excluding hydrogens is 378 g/mol. The van der Waals surface area contributed by atoms with Crippen molar-refractivity contribution in [3.8, 4) is 11.3 Å². The molecule has 2 aromatic rings. The van der Waals surface area contributed by atoms with E-state index in [9.17, 15) is 4.79 Å². The summed E-state index contributed by atoms with van der Waals surface area (Å²) in [6, 6.07) is 3.84. The van der Waals surface area contributed by atoms with Crippen molar-refractivity contribution in [1.29, 1.82) is 0 Å². The van der Waals surface area contributed by atoms with E-state index in [1.807, 2.05) is 29.2 Å². The molecule has 0 radical (unpaired) electrons. The van der Waals surface area contributed by atoms with Crippen LogP contribution in [0.25, 0.3) is 11.3 Å². The number of aromatic nitrogens is 2. The molecule has 0 bridgehead atoms. The van der Waals surface area contributed by atoms with E-state index >= 15 is 0 Å². The Labute approximate surface area is 167 Å². The largest absolute Gasteiger partial charge is 0.455 e. The van der Waals surface area contributed by atoms with Gasteiger partial charge >= 0.3 is 0 Å². The van der Waals surface area contributed by atoms with Crippen LogP contribution in [0.3, 0.4) is 0 Å². The van der Waals surface area contributed by atoms with Crippen LogP contribution in [0.1, 0.15) is 19.1 Å². The molecule has 1 fully saturated rings. The monoisotopic (exact) mass is 401 g/mol. The fourth-order valence-corrected chi connectivity index (χ4v) is 3.77. The molecule has 4 rings (SSSR count). The summed E-state index contributed by atoms with van der Waals surface area (Å²) in [4.78, 5) is 13.5. The van der Waals surface area contributed by atoms with Crippen molar-refractivity contribution in [3.05, 3.63) is 30.3 Å². The maximum absolute atomic E-state index is 11.1. The lowest BCUT2D eigenvalue weighted by atomic mass is 10.2. The molecule has 9 heteroatoms. The minimum absolute atomic E-state index is 0.132. The van der Waals surface area contributed by atoms with Crippen LogP contribution < -0.4 is 0 Å². The van der Waals surface area contributed by atoms with Crippen LogP contribution in [0.4, 0.5) is 0 Å². The fourth-order valence-electron chi connectivity index (χ4n) is 3.06. The number of carbonyl (C=O) groups excluding carboxylic acids is 1.